The van der Waals surface area contributed by atoms with Gasteiger partial charge in [-0.3, -0.25) is 9.59 Å². The van der Waals surface area contributed by atoms with E-state index < -0.39 is 0 Å². The van der Waals surface area contributed by atoms with Crippen molar-refractivity contribution in [2.45, 2.75) is 19.8 Å². The van der Waals surface area contributed by atoms with Gasteiger partial charge in [0.1, 0.15) is 12.0 Å². The monoisotopic (exact) mass is 303 g/mol. The van der Waals surface area contributed by atoms with Crippen molar-refractivity contribution >= 4 is 17.6 Å². The second-order valence-corrected chi connectivity index (χ2v) is 5.41. The van der Waals surface area contributed by atoms with E-state index in [4.69, 9.17) is 8.94 Å². The minimum Gasteiger partial charge on any atom is -0.472 e. The van der Waals surface area contributed by atoms with E-state index >= 15 is 0 Å². The number of carbonyl (C=O) groups excluding carboxylic acids is 2. The molecule has 0 unspecified atom stereocenters. The minimum atomic E-state index is -0.249. The molecule has 1 aliphatic rings. The van der Waals surface area contributed by atoms with E-state index in [0.717, 1.165) is 12.8 Å². The van der Waals surface area contributed by atoms with Gasteiger partial charge in [-0.15, -0.1) is 0 Å². The highest BCUT2D eigenvalue weighted by Crippen LogP contribution is 2.20. The lowest BCUT2D eigenvalue weighted by atomic mass is 9.96. The third kappa shape index (κ3) is 3.03. The summed E-state index contributed by atoms with van der Waals surface area (Å²) < 4.78 is 9.86. The minimum absolute atomic E-state index is 0.108. The summed E-state index contributed by atoms with van der Waals surface area (Å²) in [7, 11) is 0. The summed E-state index contributed by atoms with van der Waals surface area (Å²) in [6, 6.07) is 3.29. The summed E-state index contributed by atoms with van der Waals surface area (Å²) in [5.41, 5.74) is 0.508. The molecule has 0 aliphatic carbocycles. The average Bonchev–Trinajstić information content (AvgIpc) is 3.18. The van der Waals surface area contributed by atoms with Crippen molar-refractivity contribution in [3.63, 3.8) is 0 Å². The lowest BCUT2D eigenvalue weighted by molar-refractivity contribution is -0.121. The summed E-state index contributed by atoms with van der Waals surface area (Å²) in [6.07, 6.45) is 4.43. The molecule has 22 heavy (non-hydrogen) atoms. The highest BCUT2D eigenvalue weighted by atomic mass is 16.5. The van der Waals surface area contributed by atoms with Crippen molar-refractivity contribution in [2.24, 2.45) is 5.92 Å². The van der Waals surface area contributed by atoms with Gasteiger partial charge in [-0.2, -0.15) is 0 Å². The second-order valence-electron chi connectivity index (χ2n) is 5.41. The molecule has 2 amide bonds. The number of aromatic nitrogens is 1. The first-order valence-electron chi connectivity index (χ1n) is 7.19. The summed E-state index contributed by atoms with van der Waals surface area (Å²) in [6.45, 7) is 2.80. The maximum Gasteiger partial charge on any atom is 0.257 e. The lowest BCUT2D eigenvalue weighted by Crippen LogP contribution is -2.43. The van der Waals surface area contributed by atoms with Crippen LogP contribution in [-0.4, -0.2) is 35.0 Å². The van der Waals surface area contributed by atoms with E-state index in [1.165, 1.54) is 12.5 Å². The Hall–Kier alpha value is -2.57. The van der Waals surface area contributed by atoms with Crippen LogP contribution in [0.5, 0.6) is 0 Å². The Kier molecular flexibility index (Phi) is 3.95. The van der Waals surface area contributed by atoms with E-state index in [2.05, 4.69) is 10.5 Å². The largest absolute Gasteiger partial charge is 0.472 e. The first kappa shape index (κ1) is 14.4. The zero-order chi connectivity index (χ0) is 15.5. The summed E-state index contributed by atoms with van der Waals surface area (Å²) in [5, 5.41) is 6.47. The number of likely N-dealkylation sites (tertiary alicyclic amines) is 1. The van der Waals surface area contributed by atoms with Crippen LogP contribution >= 0.6 is 0 Å². The molecular formula is C15H17N3O4. The molecule has 1 saturated heterocycles. The molecule has 3 heterocycles. The SMILES string of the molecule is Cc1cc(NC(=O)[C@H]2CCCN(C(=O)c3ccoc3)C2)no1. The van der Waals surface area contributed by atoms with E-state index in [-0.39, 0.29) is 17.7 Å². The molecule has 7 nitrogen and oxygen atoms in total. The van der Waals surface area contributed by atoms with Crippen molar-refractivity contribution in [2.75, 3.05) is 18.4 Å². The van der Waals surface area contributed by atoms with Gasteiger partial charge in [0, 0.05) is 19.2 Å². The number of piperidine rings is 1. The normalized spacial score (nSPS) is 18.2. The van der Waals surface area contributed by atoms with Crippen LogP contribution in [0.2, 0.25) is 0 Å². The summed E-state index contributed by atoms with van der Waals surface area (Å²) >= 11 is 0. The number of hydrogen-bond acceptors (Lipinski definition) is 5. The number of nitrogens with zero attached hydrogens (tertiary/aromatic N) is 2. The van der Waals surface area contributed by atoms with Crippen LogP contribution in [-0.2, 0) is 4.79 Å². The maximum absolute atomic E-state index is 12.3. The van der Waals surface area contributed by atoms with Crippen LogP contribution in [0.25, 0.3) is 0 Å². The predicted molar refractivity (Wildman–Crippen MR) is 77.2 cm³/mol. The summed E-state index contributed by atoms with van der Waals surface area (Å²) in [4.78, 5) is 26.3. The molecule has 1 aliphatic heterocycles. The molecule has 0 radical (unpaired) electrons. The van der Waals surface area contributed by atoms with Crippen molar-refractivity contribution in [1.82, 2.24) is 10.1 Å². The van der Waals surface area contributed by atoms with Crippen molar-refractivity contribution in [3.05, 3.63) is 36.0 Å². The first-order valence-corrected chi connectivity index (χ1v) is 7.19. The predicted octanol–water partition coefficient (Wildman–Crippen LogP) is 2.07. The highest BCUT2D eigenvalue weighted by molar-refractivity contribution is 5.95. The Morgan fingerprint density at radius 1 is 1.45 bits per heavy atom. The molecule has 2 aromatic heterocycles. The molecule has 1 atom stereocenters. The molecule has 1 N–H and O–H groups in total. The number of nitrogens with one attached hydrogen (secondary N) is 1. The number of anilines is 1. The number of furan rings is 1. The third-order valence-corrected chi connectivity index (χ3v) is 3.73. The van der Waals surface area contributed by atoms with E-state index in [9.17, 15) is 9.59 Å². The van der Waals surface area contributed by atoms with Crippen molar-refractivity contribution < 1.29 is 18.5 Å². The molecule has 7 heteroatoms. The molecular weight excluding hydrogens is 286 g/mol. The van der Waals surface area contributed by atoms with Gasteiger partial charge in [0.2, 0.25) is 5.91 Å². The number of rotatable bonds is 3. The van der Waals surface area contributed by atoms with E-state index in [0.29, 0.717) is 30.2 Å². The van der Waals surface area contributed by atoms with Crippen LogP contribution in [0.15, 0.2) is 33.6 Å². The molecule has 0 saturated carbocycles. The quantitative estimate of drug-likeness (QED) is 0.937. The molecule has 1 fully saturated rings. The number of hydrogen-bond donors (Lipinski definition) is 1. The fraction of sp³-hybridized carbons (Fsp3) is 0.400. The standard InChI is InChI=1S/C15H17N3O4/c1-10-7-13(17-22-10)16-14(19)11-3-2-5-18(8-11)15(20)12-4-6-21-9-12/h4,6-7,9,11H,2-3,5,8H2,1H3,(H,16,17,19)/t11-/m0/s1. The van der Waals surface area contributed by atoms with Gasteiger partial charge in [-0.1, -0.05) is 5.16 Å². The van der Waals surface area contributed by atoms with Crippen LogP contribution < -0.4 is 5.32 Å². The zero-order valence-electron chi connectivity index (χ0n) is 12.2. The Labute approximate surface area is 127 Å². The summed E-state index contributed by atoms with van der Waals surface area (Å²) in [5.74, 6) is 0.541. The first-order chi connectivity index (χ1) is 10.6. The number of amides is 2. The van der Waals surface area contributed by atoms with Crippen LogP contribution in [0.1, 0.15) is 29.0 Å². The lowest BCUT2D eigenvalue weighted by Gasteiger charge is -2.31. The van der Waals surface area contributed by atoms with Gasteiger partial charge in [0.25, 0.3) is 5.91 Å². The zero-order valence-corrected chi connectivity index (χ0v) is 12.2. The van der Waals surface area contributed by atoms with Crippen LogP contribution in [0.3, 0.4) is 0 Å². The van der Waals surface area contributed by atoms with Crippen molar-refractivity contribution in [1.29, 1.82) is 0 Å². The second kappa shape index (κ2) is 6.05. The van der Waals surface area contributed by atoms with Gasteiger partial charge >= 0.3 is 0 Å². The smallest absolute Gasteiger partial charge is 0.257 e. The van der Waals surface area contributed by atoms with E-state index in [1.54, 1.807) is 24.0 Å². The average molecular weight is 303 g/mol. The van der Waals surface area contributed by atoms with Gasteiger partial charge in [-0.25, -0.2) is 0 Å². The Morgan fingerprint density at radius 3 is 3.00 bits per heavy atom. The molecule has 116 valence electrons. The highest BCUT2D eigenvalue weighted by Gasteiger charge is 2.29. The van der Waals surface area contributed by atoms with E-state index in [1.807, 2.05) is 0 Å². The van der Waals surface area contributed by atoms with Gasteiger partial charge in [0.15, 0.2) is 5.82 Å². The Morgan fingerprint density at radius 2 is 2.32 bits per heavy atom. The van der Waals surface area contributed by atoms with Gasteiger partial charge < -0.3 is 19.2 Å². The van der Waals surface area contributed by atoms with Gasteiger partial charge in [-0.05, 0) is 25.8 Å². The Balaban J connectivity index is 1.62. The van der Waals surface area contributed by atoms with Crippen LogP contribution in [0, 0.1) is 12.8 Å². The number of carbonyl (C=O) groups is 2. The maximum atomic E-state index is 12.3. The topological polar surface area (TPSA) is 88.6 Å². The molecule has 0 aromatic carbocycles. The fourth-order valence-electron chi connectivity index (χ4n) is 2.60. The molecule has 0 spiro atoms. The van der Waals surface area contributed by atoms with Crippen molar-refractivity contribution in [3.8, 4) is 0 Å². The third-order valence-electron chi connectivity index (χ3n) is 3.73. The Bertz CT molecular complexity index is 662. The number of aryl methyl sites for hydroxylation is 1. The molecule has 3 rings (SSSR count). The van der Waals surface area contributed by atoms with Crippen LogP contribution in [0.4, 0.5) is 5.82 Å². The molecule has 2 aromatic rings. The van der Waals surface area contributed by atoms with Gasteiger partial charge in [0.05, 0.1) is 17.7 Å². The fourth-order valence-corrected chi connectivity index (χ4v) is 2.60. The molecule has 0 bridgehead atoms.